The number of amides is 1. The van der Waals surface area contributed by atoms with Gasteiger partial charge in [-0.2, -0.15) is 0 Å². The van der Waals surface area contributed by atoms with Gasteiger partial charge in [-0.15, -0.1) is 0 Å². The second kappa shape index (κ2) is 3.37. The van der Waals surface area contributed by atoms with E-state index in [0.29, 0.717) is 13.0 Å². The highest BCUT2D eigenvalue weighted by molar-refractivity contribution is 5.98. The maximum absolute atomic E-state index is 11.0. The van der Waals surface area contributed by atoms with Crippen molar-refractivity contribution in [1.82, 2.24) is 5.32 Å². The molecule has 0 aliphatic carbocycles. The molecule has 0 aromatic heterocycles. The molecule has 1 heterocycles. The van der Waals surface area contributed by atoms with Crippen LogP contribution < -0.4 is 5.32 Å². The lowest BCUT2D eigenvalue weighted by Gasteiger charge is -2.19. The van der Waals surface area contributed by atoms with Crippen LogP contribution in [0.4, 0.5) is 0 Å². The molecule has 1 saturated heterocycles. The molecule has 1 N–H and O–H groups in total. The van der Waals surface area contributed by atoms with Gasteiger partial charge in [0, 0.05) is 6.54 Å². The number of hydrogen-bond acceptors (Lipinski definition) is 3. The molecule has 1 fully saturated rings. The molecule has 0 saturated carbocycles. The first-order valence-corrected chi connectivity index (χ1v) is 3.61. The van der Waals surface area contributed by atoms with Crippen LogP contribution >= 0.6 is 0 Å². The van der Waals surface area contributed by atoms with Crippen LogP contribution in [0.15, 0.2) is 0 Å². The van der Waals surface area contributed by atoms with Gasteiger partial charge in [0.1, 0.15) is 5.92 Å². The van der Waals surface area contributed by atoms with Crippen LogP contribution in [0.3, 0.4) is 0 Å². The second-order valence-corrected chi connectivity index (χ2v) is 2.51. The zero-order valence-electron chi connectivity index (χ0n) is 6.42. The Labute approximate surface area is 64.9 Å². The fourth-order valence-corrected chi connectivity index (χ4v) is 1.14. The molecule has 1 atom stereocenters. The summed E-state index contributed by atoms with van der Waals surface area (Å²) in [6, 6.07) is 0. The standard InChI is InChI=1S/C7H11NO3/c1-11-7(10)5-3-2-4-8-6(5)9/h5H,2-4H2,1H3,(H,8,9)/t5-/m1/s1. The lowest BCUT2D eigenvalue weighted by molar-refractivity contribution is -0.151. The van der Waals surface area contributed by atoms with Crippen LogP contribution in [0.2, 0.25) is 0 Å². The van der Waals surface area contributed by atoms with Crippen molar-refractivity contribution in [1.29, 1.82) is 0 Å². The summed E-state index contributed by atoms with van der Waals surface area (Å²) in [7, 11) is 1.30. The van der Waals surface area contributed by atoms with Crippen molar-refractivity contribution in [3.8, 4) is 0 Å². The molecule has 0 unspecified atom stereocenters. The summed E-state index contributed by atoms with van der Waals surface area (Å²) in [5.41, 5.74) is 0. The van der Waals surface area contributed by atoms with E-state index in [9.17, 15) is 9.59 Å². The third-order valence-electron chi connectivity index (χ3n) is 1.77. The molecule has 0 aromatic carbocycles. The molecule has 1 amide bonds. The van der Waals surface area contributed by atoms with Gasteiger partial charge in [-0.3, -0.25) is 9.59 Å². The van der Waals surface area contributed by atoms with Gasteiger partial charge in [0.25, 0.3) is 0 Å². The topological polar surface area (TPSA) is 55.4 Å². The Morgan fingerprint density at radius 3 is 3.00 bits per heavy atom. The predicted molar refractivity (Wildman–Crippen MR) is 37.7 cm³/mol. The van der Waals surface area contributed by atoms with Crippen molar-refractivity contribution >= 4 is 11.9 Å². The van der Waals surface area contributed by atoms with E-state index in [1.165, 1.54) is 7.11 Å². The number of nitrogens with one attached hydrogen (secondary N) is 1. The van der Waals surface area contributed by atoms with Gasteiger partial charge in [-0.1, -0.05) is 0 Å². The Morgan fingerprint density at radius 1 is 1.73 bits per heavy atom. The summed E-state index contributed by atoms with van der Waals surface area (Å²) in [5.74, 6) is -1.21. The van der Waals surface area contributed by atoms with E-state index >= 15 is 0 Å². The van der Waals surface area contributed by atoms with Gasteiger partial charge in [0.05, 0.1) is 7.11 Å². The minimum Gasteiger partial charge on any atom is -0.468 e. The summed E-state index contributed by atoms with van der Waals surface area (Å²) in [6.07, 6.45) is 1.46. The van der Waals surface area contributed by atoms with E-state index < -0.39 is 11.9 Å². The van der Waals surface area contributed by atoms with E-state index in [1.54, 1.807) is 0 Å². The van der Waals surface area contributed by atoms with Crippen LogP contribution in [-0.2, 0) is 14.3 Å². The maximum Gasteiger partial charge on any atom is 0.318 e. The lowest BCUT2D eigenvalue weighted by Crippen LogP contribution is -2.40. The molecule has 0 radical (unpaired) electrons. The normalized spacial score (nSPS) is 24.1. The Kier molecular flexibility index (Phi) is 2.46. The highest BCUT2D eigenvalue weighted by atomic mass is 16.5. The van der Waals surface area contributed by atoms with Gasteiger partial charge in [-0.25, -0.2) is 0 Å². The number of carbonyl (C=O) groups is 2. The third kappa shape index (κ3) is 1.69. The summed E-state index contributed by atoms with van der Waals surface area (Å²) in [6.45, 7) is 0.673. The summed E-state index contributed by atoms with van der Waals surface area (Å²) >= 11 is 0. The van der Waals surface area contributed by atoms with Crippen molar-refractivity contribution < 1.29 is 14.3 Å². The van der Waals surface area contributed by atoms with Crippen LogP contribution in [-0.4, -0.2) is 25.5 Å². The van der Waals surface area contributed by atoms with Crippen molar-refractivity contribution in [2.24, 2.45) is 5.92 Å². The molecule has 0 bridgehead atoms. The molecule has 4 heteroatoms. The largest absolute Gasteiger partial charge is 0.468 e. The number of piperidine rings is 1. The Bertz CT molecular complexity index is 171. The predicted octanol–water partition coefficient (Wildman–Crippen LogP) is -0.314. The quantitative estimate of drug-likeness (QED) is 0.419. The van der Waals surface area contributed by atoms with Crippen LogP contribution in [0.1, 0.15) is 12.8 Å². The minimum absolute atomic E-state index is 0.205. The van der Waals surface area contributed by atoms with E-state index in [-0.39, 0.29) is 5.91 Å². The Hall–Kier alpha value is -1.06. The van der Waals surface area contributed by atoms with Gasteiger partial charge in [0.15, 0.2) is 0 Å². The number of carbonyl (C=O) groups excluding carboxylic acids is 2. The van der Waals surface area contributed by atoms with Crippen molar-refractivity contribution in [3.05, 3.63) is 0 Å². The van der Waals surface area contributed by atoms with E-state index in [2.05, 4.69) is 10.1 Å². The van der Waals surface area contributed by atoms with E-state index in [0.717, 1.165) is 6.42 Å². The molecular formula is C7H11NO3. The Morgan fingerprint density at radius 2 is 2.45 bits per heavy atom. The average Bonchev–Trinajstić information content (AvgIpc) is 2.04. The number of ether oxygens (including phenoxy) is 1. The smallest absolute Gasteiger partial charge is 0.318 e. The maximum atomic E-state index is 11.0. The summed E-state index contributed by atoms with van der Waals surface area (Å²) in [4.78, 5) is 21.9. The van der Waals surface area contributed by atoms with E-state index in [4.69, 9.17) is 0 Å². The molecule has 1 aliphatic rings. The van der Waals surface area contributed by atoms with Crippen molar-refractivity contribution in [3.63, 3.8) is 0 Å². The first-order chi connectivity index (χ1) is 5.25. The van der Waals surface area contributed by atoms with Gasteiger partial charge in [-0.05, 0) is 12.8 Å². The zero-order valence-corrected chi connectivity index (χ0v) is 6.42. The monoisotopic (exact) mass is 157 g/mol. The molecule has 62 valence electrons. The number of rotatable bonds is 1. The molecule has 1 rings (SSSR count). The fraction of sp³-hybridized carbons (Fsp3) is 0.714. The van der Waals surface area contributed by atoms with Crippen molar-refractivity contribution in [2.45, 2.75) is 12.8 Å². The minimum atomic E-state index is -0.575. The molecule has 0 spiro atoms. The number of methoxy groups -OCH3 is 1. The van der Waals surface area contributed by atoms with Gasteiger partial charge in [0.2, 0.25) is 5.91 Å². The lowest BCUT2D eigenvalue weighted by atomic mass is 9.99. The highest BCUT2D eigenvalue weighted by Crippen LogP contribution is 2.12. The van der Waals surface area contributed by atoms with Gasteiger partial charge < -0.3 is 10.1 Å². The molecule has 0 aromatic rings. The molecule has 1 aliphatic heterocycles. The van der Waals surface area contributed by atoms with Crippen LogP contribution in [0.25, 0.3) is 0 Å². The zero-order chi connectivity index (χ0) is 8.27. The fourth-order valence-electron chi connectivity index (χ4n) is 1.14. The van der Waals surface area contributed by atoms with Crippen molar-refractivity contribution in [2.75, 3.05) is 13.7 Å². The van der Waals surface area contributed by atoms with Crippen LogP contribution in [0, 0.1) is 5.92 Å². The SMILES string of the molecule is COC(=O)[C@@H]1CCCNC1=O. The number of hydrogen-bond donors (Lipinski definition) is 1. The molecule has 11 heavy (non-hydrogen) atoms. The average molecular weight is 157 g/mol. The first-order valence-electron chi connectivity index (χ1n) is 3.61. The van der Waals surface area contributed by atoms with Gasteiger partial charge >= 0.3 is 5.97 Å². The molecule has 4 nitrogen and oxygen atoms in total. The highest BCUT2D eigenvalue weighted by Gasteiger charge is 2.29. The van der Waals surface area contributed by atoms with Crippen LogP contribution in [0.5, 0.6) is 0 Å². The Balaban J connectivity index is 2.54. The second-order valence-electron chi connectivity index (χ2n) is 2.51. The summed E-state index contributed by atoms with van der Waals surface area (Å²) in [5, 5.41) is 2.61. The first kappa shape index (κ1) is 8.04. The number of esters is 1. The molecular weight excluding hydrogens is 146 g/mol. The van der Waals surface area contributed by atoms with E-state index in [1.807, 2.05) is 0 Å². The summed E-state index contributed by atoms with van der Waals surface area (Å²) < 4.78 is 4.46. The third-order valence-corrected chi connectivity index (χ3v) is 1.77.